The summed E-state index contributed by atoms with van der Waals surface area (Å²) in [6.07, 6.45) is 5.46. The second kappa shape index (κ2) is 5.48. The van der Waals surface area contributed by atoms with Crippen LogP contribution in [0.5, 0.6) is 0 Å². The summed E-state index contributed by atoms with van der Waals surface area (Å²) in [7, 11) is 0. The Morgan fingerprint density at radius 1 is 1.50 bits per heavy atom. The molecule has 6 nitrogen and oxygen atoms in total. The van der Waals surface area contributed by atoms with Crippen molar-refractivity contribution in [1.82, 2.24) is 20.3 Å². The number of aliphatic hydroxyl groups is 1. The van der Waals surface area contributed by atoms with Gasteiger partial charge in [0.25, 0.3) is 0 Å². The van der Waals surface area contributed by atoms with Crippen molar-refractivity contribution >= 4 is 5.91 Å². The highest BCUT2D eigenvalue weighted by atomic mass is 16.3. The van der Waals surface area contributed by atoms with Crippen molar-refractivity contribution in [2.75, 3.05) is 0 Å². The molecular weight excluding hydrogens is 232 g/mol. The number of aromatic nitrogens is 3. The molecule has 0 aromatic carbocycles. The maximum atomic E-state index is 12.0. The lowest BCUT2D eigenvalue weighted by atomic mass is 10.2. The highest BCUT2D eigenvalue weighted by Crippen LogP contribution is 2.18. The quantitative estimate of drug-likeness (QED) is 0.836. The number of nitrogens with one attached hydrogen (secondary N) is 1. The fourth-order valence-corrected chi connectivity index (χ4v) is 2.18. The summed E-state index contributed by atoms with van der Waals surface area (Å²) in [5.74, 6) is -0.0380. The van der Waals surface area contributed by atoms with Crippen LogP contribution in [0.3, 0.4) is 0 Å². The first-order valence-electron chi connectivity index (χ1n) is 6.48. The highest BCUT2D eigenvalue weighted by molar-refractivity contribution is 5.80. The lowest BCUT2D eigenvalue weighted by Gasteiger charge is -2.16. The molecule has 0 bridgehead atoms. The standard InChI is InChI=1S/C12H20N4O2/c1-8(12(18)13-10-5-3-4-6-10)16-7-11(9(2)17)14-15-16/h7-10,17H,3-6H2,1-2H3,(H,13,18). The van der Waals surface area contributed by atoms with Gasteiger partial charge in [0.2, 0.25) is 5.91 Å². The summed E-state index contributed by atoms with van der Waals surface area (Å²) >= 11 is 0. The van der Waals surface area contributed by atoms with Gasteiger partial charge in [-0.2, -0.15) is 0 Å². The normalized spacial score (nSPS) is 19.7. The van der Waals surface area contributed by atoms with E-state index in [1.54, 1.807) is 20.0 Å². The van der Waals surface area contributed by atoms with Crippen molar-refractivity contribution in [3.05, 3.63) is 11.9 Å². The molecule has 1 aliphatic rings. The van der Waals surface area contributed by atoms with Crippen LogP contribution in [0, 0.1) is 0 Å². The first-order chi connectivity index (χ1) is 8.58. The molecule has 2 N–H and O–H groups in total. The average Bonchev–Trinajstić information content (AvgIpc) is 2.98. The molecule has 18 heavy (non-hydrogen) atoms. The van der Waals surface area contributed by atoms with Gasteiger partial charge in [0.05, 0.1) is 12.3 Å². The SMILES string of the molecule is CC(O)c1cn(C(C)C(=O)NC2CCCC2)nn1. The monoisotopic (exact) mass is 252 g/mol. The number of rotatable bonds is 4. The lowest BCUT2D eigenvalue weighted by Crippen LogP contribution is -2.37. The Hall–Kier alpha value is -1.43. The maximum Gasteiger partial charge on any atom is 0.244 e. The largest absolute Gasteiger partial charge is 0.387 e. The Bertz CT molecular complexity index is 410. The second-order valence-electron chi connectivity index (χ2n) is 4.97. The Morgan fingerprint density at radius 3 is 2.72 bits per heavy atom. The first-order valence-corrected chi connectivity index (χ1v) is 6.48. The minimum atomic E-state index is -0.663. The summed E-state index contributed by atoms with van der Waals surface area (Å²) in [4.78, 5) is 12.0. The van der Waals surface area contributed by atoms with E-state index in [4.69, 9.17) is 0 Å². The third-order valence-electron chi connectivity index (χ3n) is 3.43. The molecule has 100 valence electrons. The Morgan fingerprint density at radius 2 is 2.17 bits per heavy atom. The number of hydrogen-bond donors (Lipinski definition) is 2. The van der Waals surface area contributed by atoms with Crippen LogP contribution in [0.4, 0.5) is 0 Å². The van der Waals surface area contributed by atoms with E-state index in [-0.39, 0.29) is 5.91 Å². The molecule has 1 heterocycles. The van der Waals surface area contributed by atoms with Gasteiger partial charge < -0.3 is 10.4 Å². The van der Waals surface area contributed by atoms with Crippen molar-refractivity contribution in [1.29, 1.82) is 0 Å². The third kappa shape index (κ3) is 2.87. The topological polar surface area (TPSA) is 80.0 Å². The van der Waals surface area contributed by atoms with Gasteiger partial charge in [0, 0.05) is 6.04 Å². The van der Waals surface area contributed by atoms with Gasteiger partial charge in [0.1, 0.15) is 11.7 Å². The summed E-state index contributed by atoms with van der Waals surface area (Å²) in [6, 6.07) is -0.0923. The van der Waals surface area contributed by atoms with Crippen LogP contribution in [-0.4, -0.2) is 32.0 Å². The summed E-state index contributed by atoms with van der Waals surface area (Å²) < 4.78 is 1.49. The van der Waals surface area contributed by atoms with Crippen molar-refractivity contribution in [3.8, 4) is 0 Å². The Balaban J connectivity index is 1.96. The van der Waals surface area contributed by atoms with Crippen molar-refractivity contribution in [3.63, 3.8) is 0 Å². The fourth-order valence-electron chi connectivity index (χ4n) is 2.18. The molecule has 1 aromatic rings. The highest BCUT2D eigenvalue weighted by Gasteiger charge is 2.22. The zero-order valence-corrected chi connectivity index (χ0v) is 10.8. The molecule has 0 radical (unpaired) electrons. The molecular formula is C12H20N4O2. The van der Waals surface area contributed by atoms with E-state index in [0.717, 1.165) is 12.8 Å². The van der Waals surface area contributed by atoms with E-state index in [1.165, 1.54) is 17.5 Å². The zero-order valence-electron chi connectivity index (χ0n) is 10.8. The molecule has 1 fully saturated rings. The predicted molar refractivity (Wildman–Crippen MR) is 65.8 cm³/mol. The fraction of sp³-hybridized carbons (Fsp3) is 0.750. The van der Waals surface area contributed by atoms with Gasteiger partial charge in [-0.15, -0.1) is 5.10 Å². The van der Waals surface area contributed by atoms with E-state index in [9.17, 15) is 9.90 Å². The van der Waals surface area contributed by atoms with Gasteiger partial charge >= 0.3 is 0 Å². The molecule has 1 aromatic heterocycles. The Labute approximate surface area is 106 Å². The average molecular weight is 252 g/mol. The molecule has 1 amide bonds. The van der Waals surface area contributed by atoms with E-state index >= 15 is 0 Å². The summed E-state index contributed by atoms with van der Waals surface area (Å²) in [6.45, 7) is 3.41. The van der Waals surface area contributed by atoms with Gasteiger partial charge in [0.15, 0.2) is 0 Å². The van der Waals surface area contributed by atoms with Crippen molar-refractivity contribution in [2.24, 2.45) is 0 Å². The van der Waals surface area contributed by atoms with E-state index in [2.05, 4.69) is 15.6 Å². The van der Waals surface area contributed by atoms with Gasteiger partial charge in [-0.25, -0.2) is 4.68 Å². The lowest BCUT2D eigenvalue weighted by molar-refractivity contribution is -0.124. The van der Waals surface area contributed by atoms with Crippen LogP contribution in [0.15, 0.2) is 6.20 Å². The zero-order chi connectivity index (χ0) is 13.1. The minimum absolute atomic E-state index is 0.0380. The van der Waals surface area contributed by atoms with Gasteiger partial charge in [-0.1, -0.05) is 18.1 Å². The number of hydrogen-bond acceptors (Lipinski definition) is 4. The Kier molecular flexibility index (Phi) is 3.96. The third-order valence-corrected chi connectivity index (χ3v) is 3.43. The smallest absolute Gasteiger partial charge is 0.244 e. The second-order valence-corrected chi connectivity index (χ2v) is 4.97. The molecule has 2 rings (SSSR count). The van der Waals surface area contributed by atoms with Gasteiger partial charge in [-0.3, -0.25) is 4.79 Å². The van der Waals surface area contributed by atoms with Crippen molar-refractivity contribution < 1.29 is 9.90 Å². The molecule has 0 aliphatic heterocycles. The van der Waals surface area contributed by atoms with Gasteiger partial charge in [-0.05, 0) is 26.7 Å². The summed E-state index contributed by atoms with van der Waals surface area (Å²) in [5, 5.41) is 20.1. The van der Waals surface area contributed by atoms with Crippen LogP contribution < -0.4 is 5.32 Å². The number of aliphatic hydroxyl groups excluding tert-OH is 1. The molecule has 6 heteroatoms. The van der Waals surface area contributed by atoms with Crippen LogP contribution in [0.2, 0.25) is 0 Å². The number of carbonyl (C=O) groups excluding carboxylic acids is 1. The van der Waals surface area contributed by atoms with Crippen LogP contribution in [0.25, 0.3) is 0 Å². The first kappa shape index (κ1) is 13.0. The van der Waals surface area contributed by atoms with E-state index in [0.29, 0.717) is 11.7 Å². The van der Waals surface area contributed by atoms with E-state index < -0.39 is 12.1 Å². The molecule has 0 spiro atoms. The number of amides is 1. The summed E-state index contributed by atoms with van der Waals surface area (Å²) in [5.41, 5.74) is 0.482. The molecule has 2 unspecified atom stereocenters. The molecule has 1 saturated carbocycles. The van der Waals surface area contributed by atoms with Crippen LogP contribution in [0.1, 0.15) is 57.4 Å². The van der Waals surface area contributed by atoms with E-state index in [1.807, 2.05) is 0 Å². The molecule has 0 saturated heterocycles. The van der Waals surface area contributed by atoms with Crippen molar-refractivity contribution in [2.45, 2.75) is 57.7 Å². The maximum absolute atomic E-state index is 12.0. The van der Waals surface area contributed by atoms with Crippen LogP contribution >= 0.6 is 0 Å². The predicted octanol–water partition coefficient (Wildman–Crippen LogP) is 0.951. The minimum Gasteiger partial charge on any atom is -0.387 e. The molecule has 1 aliphatic carbocycles. The number of carbonyl (C=O) groups is 1. The number of nitrogens with zero attached hydrogens (tertiary/aromatic N) is 3. The van der Waals surface area contributed by atoms with Crippen LogP contribution in [-0.2, 0) is 4.79 Å². The molecule has 2 atom stereocenters.